The van der Waals surface area contributed by atoms with Crippen LogP contribution >= 0.6 is 0 Å². The molecule has 0 aromatic heterocycles. The smallest absolute Gasteiger partial charge is 0.253 e. The molecular weight excluding hydrogens is 273 g/mol. The normalized spacial score (nSPS) is 26.1. The van der Waals surface area contributed by atoms with Gasteiger partial charge in [-0.1, -0.05) is 0 Å². The highest BCUT2D eigenvalue weighted by Crippen LogP contribution is 2.34. The molecule has 0 aromatic rings. The van der Waals surface area contributed by atoms with Crippen molar-refractivity contribution in [3.63, 3.8) is 0 Å². The third-order valence-corrected chi connectivity index (χ3v) is 4.01. The summed E-state index contributed by atoms with van der Waals surface area (Å²) < 4.78 is 13.7. The van der Waals surface area contributed by atoms with E-state index in [4.69, 9.17) is 10.1 Å². The number of halogens is 1. The van der Waals surface area contributed by atoms with Gasteiger partial charge in [-0.05, 0) is 27.2 Å². The highest BCUT2D eigenvalue weighted by molar-refractivity contribution is 5.82. The number of allylic oxidation sites excluding steroid dienone is 2. The second-order valence-electron chi connectivity index (χ2n) is 6.18. The van der Waals surface area contributed by atoms with Crippen molar-refractivity contribution in [1.82, 2.24) is 5.06 Å². The Labute approximate surface area is 124 Å². The summed E-state index contributed by atoms with van der Waals surface area (Å²) in [6.45, 7) is 5.49. The number of nitriles is 1. The molecule has 1 saturated heterocycles. The van der Waals surface area contributed by atoms with E-state index in [0.29, 0.717) is 18.7 Å². The van der Waals surface area contributed by atoms with Gasteiger partial charge in [-0.2, -0.15) is 5.26 Å². The van der Waals surface area contributed by atoms with Crippen LogP contribution in [0.25, 0.3) is 0 Å². The van der Waals surface area contributed by atoms with E-state index in [2.05, 4.69) is 4.99 Å². The van der Waals surface area contributed by atoms with Gasteiger partial charge >= 0.3 is 0 Å². The van der Waals surface area contributed by atoms with Crippen LogP contribution < -0.4 is 0 Å². The van der Waals surface area contributed by atoms with Crippen LogP contribution in [0.5, 0.6) is 0 Å². The lowest BCUT2D eigenvalue weighted by Crippen LogP contribution is -2.46. The third kappa shape index (κ3) is 3.13. The van der Waals surface area contributed by atoms with E-state index in [1.807, 2.05) is 6.07 Å². The van der Waals surface area contributed by atoms with Gasteiger partial charge in [-0.3, -0.25) is 14.6 Å². The molecule has 2 rings (SSSR count). The van der Waals surface area contributed by atoms with Crippen LogP contribution in [0.4, 0.5) is 4.39 Å². The van der Waals surface area contributed by atoms with Crippen molar-refractivity contribution in [3.05, 3.63) is 11.5 Å². The minimum absolute atomic E-state index is 0.116. The predicted molar refractivity (Wildman–Crippen MR) is 75.6 cm³/mol. The molecule has 0 aliphatic carbocycles. The first kappa shape index (κ1) is 15.6. The highest BCUT2D eigenvalue weighted by atomic mass is 19.1. The molecule has 0 spiro atoms. The molecule has 0 radical (unpaired) electrons. The third-order valence-electron chi connectivity index (χ3n) is 4.01. The summed E-state index contributed by atoms with van der Waals surface area (Å²) >= 11 is 0. The summed E-state index contributed by atoms with van der Waals surface area (Å²) in [5, 5.41) is 10.2. The van der Waals surface area contributed by atoms with Gasteiger partial charge in [0, 0.05) is 25.0 Å². The Balaban J connectivity index is 2.13. The molecule has 2 atom stereocenters. The number of hydrogen-bond donors (Lipinski definition) is 0. The van der Waals surface area contributed by atoms with Gasteiger partial charge < -0.3 is 0 Å². The Hall–Kier alpha value is -1.74. The van der Waals surface area contributed by atoms with E-state index < -0.39 is 5.41 Å². The molecule has 2 aliphatic rings. The Kier molecular flexibility index (Phi) is 4.43. The quantitative estimate of drug-likeness (QED) is 0.803. The van der Waals surface area contributed by atoms with E-state index in [-0.39, 0.29) is 36.5 Å². The van der Waals surface area contributed by atoms with Crippen LogP contribution in [0.2, 0.25) is 0 Å². The van der Waals surface area contributed by atoms with Crippen LogP contribution in [0.3, 0.4) is 0 Å². The SMILES string of the molecule is CC1=C(F)CC([C@@H]2CCON2C(=O)C(C)(C)CC#N)C=N1. The van der Waals surface area contributed by atoms with E-state index in [1.54, 1.807) is 27.0 Å². The Morgan fingerprint density at radius 1 is 1.67 bits per heavy atom. The van der Waals surface area contributed by atoms with Gasteiger partial charge in [0.1, 0.15) is 5.83 Å². The summed E-state index contributed by atoms with van der Waals surface area (Å²) in [6, 6.07) is 1.80. The van der Waals surface area contributed by atoms with E-state index in [9.17, 15) is 9.18 Å². The Bertz CT molecular complexity index is 534. The van der Waals surface area contributed by atoms with Crippen LogP contribution in [0.1, 0.15) is 40.0 Å². The molecule has 2 aliphatic heterocycles. The fraction of sp³-hybridized carbons (Fsp3) is 0.667. The van der Waals surface area contributed by atoms with Gasteiger partial charge in [-0.25, -0.2) is 9.45 Å². The van der Waals surface area contributed by atoms with E-state index in [1.165, 1.54) is 5.06 Å². The van der Waals surface area contributed by atoms with Crippen molar-refractivity contribution in [2.75, 3.05) is 6.61 Å². The zero-order valence-corrected chi connectivity index (χ0v) is 12.6. The number of rotatable bonds is 3. The number of hydroxylamine groups is 2. The van der Waals surface area contributed by atoms with Crippen LogP contribution in [0, 0.1) is 22.7 Å². The minimum Gasteiger partial charge on any atom is -0.272 e. The molecule has 21 heavy (non-hydrogen) atoms. The molecule has 0 N–H and O–H groups in total. The number of hydrogen-bond acceptors (Lipinski definition) is 4. The standard InChI is InChI=1S/C15H20FN3O2/c1-10-12(16)8-11(9-18-10)13-4-7-21-19(13)14(20)15(2,3)5-6-17/h9,11,13H,4-5,7-8H2,1-3H3/t11?,13-/m0/s1. The predicted octanol–water partition coefficient (Wildman–Crippen LogP) is 2.75. The van der Waals surface area contributed by atoms with Crippen molar-refractivity contribution in [3.8, 4) is 6.07 Å². The molecule has 5 nitrogen and oxygen atoms in total. The maximum atomic E-state index is 13.7. The second-order valence-corrected chi connectivity index (χ2v) is 6.18. The van der Waals surface area contributed by atoms with E-state index >= 15 is 0 Å². The van der Waals surface area contributed by atoms with Gasteiger partial charge in [-0.15, -0.1) is 0 Å². The molecule has 114 valence electrons. The molecule has 0 aromatic carbocycles. The number of nitrogens with zero attached hydrogens (tertiary/aromatic N) is 3. The van der Waals surface area contributed by atoms with Crippen molar-refractivity contribution >= 4 is 12.1 Å². The van der Waals surface area contributed by atoms with Gasteiger partial charge in [0.05, 0.1) is 29.8 Å². The fourth-order valence-corrected chi connectivity index (χ4v) is 2.57. The van der Waals surface area contributed by atoms with Gasteiger partial charge in [0.2, 0.25) is 0 Å². The van der Waals surface area contributed by atoms with Crippen molar-refractivity contribution in [1.29, 1.82) is 5.26 Å². The summed E-state index contributed by atoms with van der Waals surface area (Å²) in [6.07, 6.45) is 2.71. The Morgan fingerprint density at radius 2 is 2.38 bits per heavy atom. The Morgan fingerprint density at radius 3 is 3.00 bits per heavy atom. The van der Waals surface area contributed by atoms with Crippen molar-refractivity contribution in [2.45, 2.75) is 46.1 Å². The molecule has 1 fully saturated rings. The maximum Gasteiger partial charge on any atom is 0.253 e. The van der Waals surface area contributed by atoms with Crippen molar-refractivity contribution < 1.29 is 14.0 Å². The molecular formula is C15H20FN3O2. The molecule has 2 heterocycles. The number of amides is 1. The lowest BCUT2D eigenvalue weighted by atomic mass is 9.86. The average Bonchev–Trinajstić information content (AvgIpc) is 2.90. The molecule has 0 bridgehead atoms. The first-order valence-electron chi connectivity index (χ1n) is 7.10. The molecule has 0 saturated carbocycles. The zero-order chi connectivity index (χ0) is 15.6. The van der Waals surface area contributed by atoms with Gasteiger partial charge in [0.25, 0.3) is 5.91 Å². The first-order valence-corrected chi connectivity index (χ1v) is 7.10. The first-order chi connectivity index (χ1) is 9.86. The lowest BCUT2D eigenvalue weighted by Gasteiger charge is -2.33. The number of carbonyl (C=O) groups is 1. The summed E-state index contributed by atoms with van der Waals surface area (Å²) in [4.78, 5) is 22.1. The van der Waals surface area contributed by atoms with Gasteiger partial charge in [0.15, 0.2) is 0 Å². The zero-order valence-electron chi connectivity index (χ0n) is 12.6. The summed E-state index contributed by atoms with van der Waals surface area (Å²) in [5.74, 6) is -0.650. The summed E-state index contributed by atoms with van der Waals surface area (Å²) in [7, 11) is 0. The van der Waals surface area contributed by atoms with Crippen LogP contribution in [-0.4, -0.2) is 29.8 Å². The highest BCUT2D eigenvalue weighted by Gasteiger charge is 2.42. The lowest BCUT2D eigenvalue weighted by molar-refractivity contribution is -0.188. The van der Waals surface area contributed by atoms with Crippen molar-refractivity contribution in [2.24, 2.45) is 16.3 Å². The average molecular weight is 293 g/mol. The number of aliphatic imine (C=N–C) groups is 1. The molecule has 6 heteroatoms. The summed E-state index contributed by atoms with van der Waals surface area (Å²) in [5.41, 5.74) is -0.416. The largest absolute Gasteiger partial charge is 0.272 e. The second kappa shape index (κ2) is 5.94. The van der Waals surface area contributed by atoms with E-state index in [0.717, 1.165) is 0 Å². The minimum atomic E-state index is -0.812. The van der Waals surface area contributed by atoms with Crippen LogP contribution in [-0.2, 0) is 9.63 Å². The molecule has 1 unspecified atom stereocenters. The van der Waals surface area contributed by atoms with Crippen LogP contribution in [0.15, 0.2) is 16.5 Å². The number of carbonyl (C=O) groups excluding carboxylic acids is 1. The fourth-order valence-electron chi connectivity index (χ4n) is 2.57. The molecule has 1 amide bonds. The topological polar surface area (TPSA) is 65.7 Å². The monoisotopic (exact) mass is 293 g/mol. The maximum absolute atomic E-state index is 13.7.